The molecule has 1 aliphatic rings. The first-order chi connectivity index (χ1) is 19.6. The molecule has 0 unspecified atom stereocenters. The van der Waals surface area contributed by atoms with Crippen LogP contribution in [0.2, 0.25) is 5.02 Å². The van der Waals surface area contributed by atoms with E-state index in [-0.39, 0.29) is 17.1 Å². The lowest BCUT2D eigenvalue weighted by molar-refractivity contribution is -0.138. The maximum atomic E-state index is 11.5. The van der Waals surface area contributed by atoms with Crippen LogP contribution < -0.4 is 0 Å². The Kier molecular flexibility index (Phi) is 8.88. The third kappa shape index (κ3) is 7.79. The van der Waals surface area contributed by atoms with E-state index >= 15 is 0 Å². The minimum atomic E-state index is -0.911. The quantitative estimate of drug-likeness (QED) is 0.174. The highest BCUT2D eigenvalue weighted by molar-refractivity contribution is 7.99. The van der Waals surface area contributed by atoms with Gasteiger partial charge in [-0.2, -0.15) is 11.8 Å². The van der Waals surface area contributed by atoms with Crippen molar-refractivity contribution < 1.29 is 15.0 Å². The molecule has 5 rings (SSSR count). The molecule has 0 amide bonds. The van der Waals surface area contributed by atoms with E-state index in [1.165, 1.54) is 5.56 Å². The first-order valence-electron chi connectivity index (χ1n) is 14.1. The molecule has 212 valence electrons. The number of carboxylic acids is 1. The molecule has 6 heteroatoms. The highest BCUT2D eigenvalue weighted by Gasteiger charge is 2.44. The number of hydrogen-bond acceptors (Lipinski definition) is 4. The summed E-state index contributed by atoms with van der Waals surface area (Å²) in [5.41, 5.74) is 5.15. The molecule has 0 radical (unpaired) electrons. The molecule has 1 aliphatic carbocycles. The number of aryl methyl sites for hydroxylation is 1. The van der Waals surface area contributed by atoms with Crippen molar-refractivity contribution in [1.82, 2.24) is 4.98 Å². The number of rotatable bonds is 12. The van der Waals surface area contributed by atoms with E-state index in [1.807, 2.05) is 74.1 Å². The van der Waals surface area contributed by atoms with Crippen LogP contribution in [0.5, 0.6) is 0 Å². The summed E-state index contributed by atoms with van der Waals surface area (Å²) in [5.74, 6) is 0.122. The third-order valence-corrected chi connectivity index (χ3v) is 9.76. The summed E-state index contributed by atoms with van der Waals surface area (Å²) >= 11 is 8.04. The monoisotopic (exact) mass is 585 g/mol. The van der Waals surface area contributed by atoms with Gasteiger partial charge in [-0.1, -0.05) is 78.3 Å². The Morgan fingerprint density at radius 3 is 2.59 bits per heavy atom. The van der Waals surface area contributed by atoms with E-state index in [4.69, 9.17) is 16.6 Å². The first kappa shape index (κ1) is 29.4. The van der Waals surface area contributed by atoms with Gasteiger partial charge in [0.05, 0.1) is 23.2 Å². The predicted octanol–water partition coefficient (Wildman–Crippen LogP) is 8.95. The molecule has 0 bridgehead atoms. The normalized spacial score (nSPS) is 15.3. The number of carbonyl (C=O) groups is 1. The number of aliphatic hydroxyl groups is 1. The van der Waals surface area contributed by atoms with Gasteiger partial charge in [0.1, 0.15) is 0 Å². The Balaban J connectivity index is 1.37. The van der Waals surface area contributed by atoms with E-state index in [2.05, 4.69) is 42.5 Å². The lowest BCUT2D eigenvalue weighted by atomic mass is 9.90. The maximum absolute atomic E-state index is 11.5. The van der Waals surface area contributed by atoms with Gasteiger partial charge in [-0.05, 0) is 91.5 Å². The van der Waals surface area contributed by atoms with Crippen molar-refractivity contribution in [3.05, 3.63) is 112 Å². The number of pyridine rings is 1. The molecule has 1 heterocycles. The molecule has 0 aliphatic heterocycles. The molecular weight excluding hydrogens is 550 g/mol. The third-order valence-electron chi connectivity index (χ3n) is 7.83. The average Bonchev–Trinajstić information content (AvgIpc) is 3.70. The number of thioether (sulfide) groups is 1. The zero-order chi connectivity index (χ0) is 29.0. The molecule has 1 aromatic heterocycles. The van der Waals surface area contributed by atoms with E-state index < -0.39 is 11.6 Å². The van der Waals surface area contributed by atoms with Gasteiger partial charge >= 0.3 is 5.97 Å². The number of carboxylic acid groups (broad SMARTS) is 1. The zero-order valence-corrected chi connectivity index (χ0v) is 25.1. The Bertz CT molecular complexity index is 1570. The smallest absolute Gasteiger partial charge is 0.303 e. The molecule has 2 N–H and O–H groups in total. The van der Waals surface area contributed by atoms with Crippen molar-refractivity contribution >= 4 is 52.4 Å². The fraction of sp³-hybridized carbons (Fsp3) is 0.314. The van der Waals surface area contributed by atoms with Gasteiger partial charge in [-0.15, -0.1) is 0 Å². The van der Waals surface area contributed by atoms with Crippen LogP contribution in [-0.2, 0) is 16.8 Å². The minimum absolute atomic E-state index is 0.0814. The molecular formula is C35H36ClNO3S. The van der Waals surface area contributed by atoms with Crippen LogP contribution in [0.25, 0.3) is 23.1 Å². The summed E-state index contributed by atoms with van der Waals surface area (Å²) in [7, 11) is 0. The second kappa shape index (κ2) is 12.4. The Hall–Kier alpha value is -3.12. The van der Waals surface area contributed by atoms with Crippen molar-refractivity contribution in [1.29, 1.82) is 0 Å². The largest absolute Gasteiger partial charge is 0.481 e. The van der Waals surface area contributed by atoms with E-state index in [1.54, 1.807) is 0 Å². The first-order valence-corrected chi connectivity index (χ1v) is 15.5. The SMILES string of the molecule is CC(C)(O)c1ccccc1CC[C@H](SCC1(CC(=O)O)CC1)c1cccc(/C=C\c2ccc3ccc(Cl)cc3n2)c1. The van der Waals surface area contributed by atoms with Gasteiger partial charge in [0.2, 0.25) is 0 Å². The highest BCUT2D eigenvalue weighted by atomic mass is 35.5. The van der Waals surface area contributed by atoms with Crippen molar-refractivity contribution in [2.45, 2.75) is 56.8 Å². The molecule has 1 fully saturated rings. The molecule has 1 atom stereocenters. The Morgan fingerprint density at radius 1 is 1.05 bits per heavy atom. The maximum Gasteiger partial charge on any atom is 0.303 e. The number of halogens is 1. The number of aliphatic carboxylic acids is 1. The molecule has 0 saturated heterocycles. The Morgan fingerprint density at radius 2 is 1.83 bits per heavy atom. The molecule has 1 saturated carbocycles. The van der Waals surface area contributed by atoms with Gasteiger partial charge in [0.25, 0.3) is 0 Å². The van der Waals surface area contributed by atoms with Crippen LogP contribution in [-0.4, -0.2) is 26.9 Å². The number of aromatic nitrogens is 1. The zero-order valence-electron chi connectivity index (χ0n) is 23.5. The topological polar surface area (TPSA) is 70.4 Å². The summed E-state index contributed by atoms with van der Waals surface area (Å²) in [5, 5.41) is 22.1. The number of hydrogen-bond donors (Lipinski definition) is 2. The number of benzene rings is 3. The predicted molar refractivity (Wildman–Crippen MR) is 171 cm³/mol. The number of nitrogens with zero attached hydrogens (tertiary/aromatic N) is 1. The molecule has 3 aromatic carbocycles. The van der Waals surface area contributed by atoms with E-state index in [9.17, 15) is 15.0 Å². The summed E-state index contributed by atoms with van der Waals surface area (Å²) in [6.07, 6.45) is 8.02. The van der Waals surface area contributed by atoms with Crippen LogP contribution in [0.1, 0.15) is 72.7 Å². The van der Waals surface area contributed by atoms with Gasteiger partial charge in [-0.25, -0.2) is 4.98 Å². The lowest BCUT2D eigenvalue weighted by Gasteiger charge is -2.24. The minimum Gasteiger partial charge on any atom is -0.481 e. The molecule has 41 heavy (non-hydrogen) atoms. The van der Waals surface area contributed by atoms with Crippen LogP contribution in [0.3, 0.4) is 0 Å². The molecule has 0 spiro atoms. The fourth-order valence-corrected chi connectivity index (χ4v) is 7.09. The lowest BCUT2D eigenvalue weighted by Crippen LogP contribution is -2.18. The molecule has 4 nitrogen and oxygen atoms in total. The summed E-state index contributed by atoms with van der Waals surface area (Å²) in [6, 6.07) is 26.5. The van der Waals surface area contributed by atoms with E-state index in [0.29, 0.717) is 5.02 Å². The molecule has 4 aromatic rings. The van der Waals surface area contributed by atoms with Gasteiger partial charge < -0.3 is 10.2 Å². The highest BCUT2D eigenvalue weighted by Crippen LogP contribution is 2.53. The summed E-state index contributed by atoms with van der Waals surface area (Å²) in [4.78, 5) is 16.2. The second-order valence-electron chi connectivity index (χ2n) is 11.7. The van der Waals surface area contributed by atoms with Crippen LogP contribution in [0, 0.1) is 5.41 Å². The van der Waals surface area contributed by atoms with Crippen molar-refractivity contribution in [3.63, 3.8) is 0 Å². The van der Waals surface area contributed by atoms with Crippen LogP contribution in [0.15, 0.2) is 78.9 Å². The van der Waals surface area contributed by atoms with Crippen LogP contribution in [0.4, 0.5) is 0 Å². The number of fused-ring (bicyclic) bond motifs is 1. The fourth-order valence-electron chi connectivity index (χ4n) is 5.36. The van der Waals surface area contributed by atoms with Gasteiger partial charge in [0, 0.05) is 21.4 Å². The van der Waals surface area contributed by atoms with Crippen molar-refractivity contribution in [2.75, 3.05) is 5.75 Å². The standard InChI is InChI=1S/C35H36ClNO3S/c1-34(2,40)30-9-4-3-7-25(30)13-17-32(41-23-35(18-19-35)22-33(38)39)27-8-5-6-24(20-27)10-15-29-16-12-26-11-14-28(36)21-31(26)37-29/h3-12,14-16,20-21,32,40H,13,17-19,22-23H2,1-2H3,(H,38,39)/b15-10-/t32-/m0/s1. The van der Waals surface area contributed by atoms with E-state index in [0.717, 1.165) is 64.7 Å². The van der Waals surface area contributed by atoms with Gasteiger partial charge in [-0.3, -0.25) is 4.79 Å². The van der Waals surface area contributed by atoms with Crippen LogP contribution >= 0.6 is 23.4 Å². The van der Waals surface area contributed by atoms with Crippen molar-refractivity contribution in [3.8, 4) is 0 Å². The van der Waals surface area contributed by atoms with Crippen molar-refractivity contribution in [2.24, 2.45) is 5.41 Å². The van der Waals surface area contributed by atoms with Gasteiger partial charge in [0.15, 0.2) is 0 Å². The average molecular weight is 586 g/mol. The second-order valence-corrected chi connectivity index (χ2v) is 13.3. The Labute approximate surface area is 251 Å². The summed E-state index contributed by atoms with van der Waals surface area (Å²) in [6.45, 7) is 3.66. The summed E-state index contributed by atoms with van der Waals surface area (Å²) < 4.78 is 0.